The van der Waals surface area contributed by atoms with Crippen molar-refractivity contribution >= 4 is 55.6 Å². The SMILES string of the molecule is Nc1nc(C(=O)Nc2c(Cl)cc(F)cc2Br)cs1. The van der Waals surface area contributed by atoms with Gasteiger partial charge in [0.2, 0.25) is 0 Å². The van der Waals surface area contributed by atoms with Gasteiger partial charge in [-0.05, 0) is 28.1 Å². The standard InChI is InChI=1S/C10H6BrClFN3OS/c11-5-1-4(13)2-6(12)8(5)16-9(17)7-3-18-10(14)15-7/h1-3H,(H2,14,15)(H,16,17). The number of hydrogen-bond donors (Lipinski definition) is 2. The lowest BCUT2D eigenvalue weighted by atomic mass is 10.3. The van der Waals surface area contributed by atoms with Crippen LogP contribution in [0.3, 0.4) is 0 Å². The Morgan fingerprint density at radius 1 is 1.56 bits per heavy atom. The number of carbonyl (C=O) groups excluding carboxylic acids is 1. The molecule has 0 fully saturated rings. The number of hydrogen-bond acceptors (Lipinski definition) is 4. The number of anilines is 2. The highest BCUT2D eigenvalue weighted by Gasteiger charge is 2.14. The zero-order chi connectivity index (χ0) is 13.3. The van der Waals surface area contributed by atoms with Crippen LogP contribution in [-0.4, -0.2) is 10.9 Å². The summed E-state index contributed by atoms with van der Waals surface area (Å²) in [5.41, 5.74) is 5.90. The minimum atomic E-state index is -0.497. The van der Waals surface area contributed by atoms with Gasteiger partial charge in [0.05, 0.1) is 10.7 Å². The molecule has 0 unspecified atom stereocenters. The van der Waals surface area contributed by atoms with Crippen molar-refractivity contribution in [2.24, 2.45) is 0 Å². The second-order valence-electron chi connectivity index (χ2n) is 3.27. The first-order chi connectivity index (χ1) is 8.47. The summed E-state index contributed by atoms with van der Waals surface area (Å²) in [7, 11) is 0. The van der Waals surface area contributed by atoms with Gasteiger partial charge in [-0.1, -0.05) is 11.6 Å². The third-order valence-corrected chi connectivity index (χ3v) is 3.60. The van der Waals surface area contributed by atoms with Crippen LogP contribution in [-0.2, 0) is 0 Å². The number of thiazole rings is 1. The van der Waals surface area contributed by atoms with Crippen LogP contribution in [0.25, 0.3) is 0 Å². The van der Waals surface area contributed by atoms with E-state index >= 15 is 0 Å². The van der Waals surface area contributed by atoms with E-state index in [9.17, 15) is 9.18 Å². The Bertz CT molecular complexity index is 596. The number of rotatable bonds is 2. The largest absolute Gasteiger partial charge is 0.375 e. The normalized spacial score (nSPS) is 10.4. The van der Waals surface area contributed by atoms with Gasteiger partial charge in [0.25, 0.3) is 5.91 Å². The maximum atomic E-state index is 13.0. The number of nitrogen functional groups attached to an aromatic ring is 1. The predicted molar refractivity (Wildman–Crippen MR) is 73.6 cm³/mol. The molecule has 2 aromatic rings. The van der Waals surface area contributed by atoms with Crippen molar-refractivity contribution in [2.45, 2.75) is 0 Å². The van der Waals surface area contributed by atoms with Crippen molar-refractivity contribution in [3.05, 3.63) is 38.5 Å². The van der Waals surface area contributed by atoms with Gasteiger partial charge in [0.15, 0.2) is 5.13 Å². The van der Waals surface area contributed by atoms with E-state index in [0.29, 0.717) is 9.60 Å². The summed E-state index contributed by atoms with van der Waals surface area (Å²) in [5.74, 6) is -0.958. The van der Waals surface area contributed by atoms with Gasteiger partial charge >= 0.3 is 0 Å². The van der Waals surface area contributed by atoms with Crippen LogP contribution in [0, 0.1) is 5.82 Å². The van der Waals surface area contributed by atoms with Crippen molar-refractivity contribution in [1.82, 2.24) is 4.98 Å². The molecule has 0 bridgehead atoms. The van der Waals surface area contributed by atoms with Crippen LogP contribution in [0.5, 0.6) is 0 Å². The molecule has 0 saturated heterocycles. The quantitative estimate of drug-likeness (QED) is 0.870. The number of halogens is 3. The number of nitrogens with zero attached hydrogens (tertiary/aromatic N) is 1. The van der Waals surface area contributed by atoms with Crippen molar-refractivity contribution in [1.29, 1.82) is 0 Å². The Kier molecular flexibility index (Phi) is 3.84. The third-order valence-electron chi connectivity index (χ3n) is 2.00. The fourth-order valence-electron chi connectivity index (χ4n) is 1.23. The van der Waals surface area contributed by atoms with Crippen molar-refractivity contribution in [3.63, 3.8) is 0 Å². The van der Waals surface area contributed by atoms with Gasteiger partial charge in [0.1, 0.15) is 11.5 Å². The van der Waals surface area contributed by atoms with Crippen molar-refractivity contribution in [2.75, 3.05) is 11.1 Å². The molecule has 2 rings (SSSR count). The van der Waals surface area contributed by atoms with Crippen LogP contribution in [0.2, 0.25) is 5.02 Å². The van der Waals surface area contributed by atoms with Crippen molar-refractivity contribution < 1.29 is 9.18 Å². The third kappa shape index (κ3) is 2.80. The summed E-state index contributed by atoms with van der Waals surface area (Å²) in [5, 5.41) is 4.45. The molecule has 3 N–H and O–H groups in total. The molecule has 0 radical (unpaired) electrons. The minimum Gasteiger partial charge on any atom is -0.375 e. The molecule has 0 aliphatic carbocycles. The van der Waals surface area contributed by atoms with Crippen molar-refractivity contribution in [3.8, 4) is 0 Å². The first kappa shape index (κ1) is 13.3. The maximum Gasteiger partial charge on any atom is 0.275 e. The summed E-state index contributed by atoms with van der Waals surface area (Å²) in [6.07, 6.45) is 0. The lowest BCUT2D eigenvalue weighted by molar-refractivity contribution is 0.102. The van der Waals surface area contributed by atoms with Gasteiger partial charge in [-0.15, -0.1) is 11.3 Å². The summed E-state index contributed by atoms with van der Waals surface area (Å²) >= 11 is 10.1. The Labute approximate surface area is 119 Å². The Hall–Kier alpha value is -1.18. The molecule has 0 saturated carbocycles. The Balaban J connectivity index is 2.27. The highest BCUT2D eigenvalue weighted by Crippen LogP contribution is 2.32. The van der Waals surface area contributed by atoms with Crippen LogP contribution >= 0.6 is 38.9 Å². The molecule has 1 aromatic heterocycles. The summed E-state index contributed by atoms with van der Waals surface area (Å²) in [6.45, 7) is 0. The molecular formula is C10H6BrClFN3OS. The molecule has 1 heterocycles. The number of nitrogens with one attached hydrogen (secondary N) is 1. The molecule has 1 amide bonds. The zero-order valence-corrected chi connectivity index (χ0v) is 11.9. The smallest absolute Gasteiger partial charge is 0.275 e. The van der Waals surface area contributed by atoms with E-state index < -0.39 is 11.7 Å². The average molecular weight is 351 g/mol. The first-order valence-corrected chi connectivity index (χ1v) is 6.69. The van der Waals surface area contributed by atoms with E-state index in [4.69, 9.17) is 17.3 Å². The Morgan fingerprint density at radius 2 is 2.28 bits per heavy atom. The van der Waals surface area contributed by atoms with E-state index in [1.165, 1.54) is 11.4 Å². The van der Waals surface area contributed by atoms with Gasteiger partial charge in [-0.2, -0.15) is 0 Å². The fourth-order valence-corrected chi connectivity index (χ4v) is 2.67. The fraction of sp³-hybridized carbons (Fsp3) is 0. The number of aromatic nitrogens is 1. The van der Waals surface area contributed by atoms with E-state index in [0.717, 1.165) is 17.4 Å². The van der Waals surface area contributed by atoms with E-state index in [2.05, 4.69) is 26.2 Å². The zero-order valence-electron chi connectivity index (χ0n) is 8.71. The van der Waals surface area contributed by atoms with E-state index in [1.807, 2.05) is 0 Å². The van der Waals surface area contributed by atoms with E-state index in [1.54, 1.807) is 0 Å². The van der Waals surface area contributed by atoms with Crippen LogP contribution in [0.4, 0.5) is 15.2 Å². The molecule has 0 spiro atoms. The van der Waals surface area contributed by atoms with Gasteiger partial charge in [0, 0.05) is 9.85 Å². The molecule has 1 aromatic carbocycles. The molecule has 0 aliphatic heterocycles. The minimum absolute atomic E-state index is 0.0958. The molecule has 0 aliphatic rings. The monoisotopic (exact) mass is 349 g/mol. The number of amides is 1. The molecule has 18 heavy (non-hydrogen) atoms. The van der Waals surface area contributed by atoms with Gasteiger partial charge in [-0.3, -0.25) is 4.79 Å². The number of nitrogens with two attached hydrogens (primary N) is 1. The number of benzene rings is 1. The second kappa shape index (κ2) is 5.21. The molecule has 0 atom stereocenters. The number of carbonyl (C=O) groups is 1. The molecule has 94 valence electrons. The summed E-state index contributed by atoms with van der Waals surface area (Å²) in [6, 6.07) is 2.31. The lowest BCUT2D eigenvalue weighted by Crippen LogP contribution is -2.13. The lowest BCUT2D eigenvalue weighted by Gasteiger charge is -2.08. The van der Waals surface area contributed by atoms with Crippen LogP contribution in [0.15, 0.2) is 22.0 Å². The highest BCUT2D eigenvalue weighted by atomic mass is 79.9. The van der Waals surface area contributed by atoms with E-state index in [-0.39, 0.29) is 16.4 Å². The Morgan fingerprint density at radius 3 is 2.83 bits per heavy atom. The summed E-state index contributed by atoms with van der Waals surface area (Å²) in [4.78, 5) is 15.7. The molecule has 4 nitrogen and oxygen atoms in total. The molecule has 8 heteroatoms. The summed E-state index contributed by atoms with van der Waals surface area (Å²) < 4.78 is 13.4. The maximum absolute atomic E-state index is 13.0. The highest BCUT2D eigenvalue weighted by molar-refractivity contribution is 9.10. The topological polar surface area (TPSA) is 68.0 Å². The van der Waals surface area contributed by atoms with Crippen LogP contribution < -0.4 is 11.1 Å². The average Bonchev–Trinajstić information content (AvgIpc) is 2.70. The van der Waals surface area contributed by atoms with Crippen LogP contribution in [0.1, 0.15) is 10.5 Å². The van der Waals surface area contributed by atoms with Gasteiger partial charge in [-0.25, -0.2) is 9.37 Å². The van der Waals surface area contributed by atoms with Gasteiger partial charge < -0.3 is 11.1 Å². The second-order valence-corrected chi connectivity index (χ2v) is 5.42. The molecular weight excluding hydrogens is 345 g/mol. The predicted octanol–water partition coefficient (Wildman–Crippen LogP) is 3.53. The first-order valence-electron chi connectivity index (χ1n) is 4.64.